The van der Waals surface area contributed by atoms with Crippen LogP contribution in [0.2, 0.25) is 0 Å². The predicted molar refractivity (Wildman–Crippen MR) is 66.1 cm³/mol. The Morgan fingerprint density at radius 3 is 2.75 bits per heavy atom. The molecule has 0 aliphatic carbocycles. The minimum absolute atomic E-state index is 0.121. The molecule has 0 aromatic rings. The summed E-state index contributed by atoms with van der Waals surface area (Å²) in [6.07, 6.45) is 2.19. The SMILES string of the molecule is CC(C)C(C)NC(=O)CN1CCCC(N)C1. The van der Waals surface area contributed by atoms with Crippen molar-refractivity contribution in [1.82, 2.24) is 10.2 Å². The van der Waals surface area contributed by atoms with Crippen LogP contribution in [0.3, 0.4) is 0 Å². The van der Waals surface area contributed by atoms with Crippen molar-refractivity contribution in [1.29, 1.82) is 0 Å². The van der Waals surface area contributed by atoms with Gasteiger partial charge in [0.25, 0.3) is 0 Å². The van der Waals surface area contributed by atoms with Crippen LogP contribution in [-0.4, -0.2) is 42.5 Å². The van der Waals surface area contributed by atoms with Gasteiger partial charge in [-0.3, -0.25) is 9.69 Å². The van der Waals surface area contributed by atoms with Gasteiger partial charge in [-0.15, -0.1) is 0 Å². The summed E-state index contributed by atoms with van der Waals surface area (Å²) in [5.41, 5.74) is 5.88. The Morgan fingerprint density at radius 2 is 2.19 bits per heavy atom. The predicted octanol–water partition coefficient (Wildman–Crippen LogP) is 0.570. The van der Waals surface area contributed by atoms with Crippen LogP contribution in [0.5, 0.6) is 0 Å². The Kier molecular flexibility index (Phi) is 5.22. The molecule has 2 unspecified atom stereocenters. The fourth-order valence-electron chi connectivity index (χ4n) is 1.90. The minimum Gasteiger partial charge on any atom is -0.352 e. The van der Waals surface area contributed by atoms with Crippen molar-refractivity contribution in [2.45, 2.75) is 45.7 Å². The summed E-state index contributed by atoms with van der Waals surface area (Å²) < 4.78 is 0. The third-order valence-corrected chi connectivity index (χ3v) is 3.30. The monoisotopic (exact) mass is 227 g/mol. The Morgan fingerprint density at radius 1 is 1.50 bits per heavy atom. The molecule has 1 fully saturated rings. The van der Waals surface area contributed by atoms with E-state index in [1.165, 1.54) is 0 Å². The summed E-state index contributed by atoms with van der Waals surface area (Å²) in [6.45, 7) is 8.61. The van der Waals surface area contributed by atoms with E-state index in [0.29, 0.717) is 12.5 Å². The van der Waals surface area contributed by atoms with Gasteiger partial charge in [-0.25, -0.2) is 0 Å². The van der Waals surface area contributed by atoms with E-state index in [9.17, 15) is 4.79 Å². The number of hydrogen-bond donors (Lipinski definition) is 2. The lowest BCUT2D eigenvalue weighted by molar-refractivity contribution is -0.123. The number of rotatable bonds is 4. The molecule has 0 spiro atoms. The number of nitrogens with two attached hydrogens (primary N) is 1. The van der Waals surface area contributed by atoms with Crippen molar-refractivity contribution >= 4 is 5.91 Å². The molecule has 1 amide bonds. The Balaban J connectivity index is 2.28. The number of nitrogens with one attached hydrogen (secondary N) is 1. The largest absolute Gasteiger partial charge is 0.352 e. The topological polar surface area (TPSA) is 58.4 Å². The average Bonchev–Trinajstić information content (AvgIpc) is 2.16. The molecule has 3 N–H and O–H groups in total. The molecule has 16 heavy (non-hydrogen) atoms. The Hall–Kier alpha value is -0.610. The van der Waals surface area contributed by atoms with Gasteiger partial charge in [0.15, 0.2) is 0 Å². The van der Waals surface area contributed by atoms with Crippen LogP contribution in [0.25, 0.3) is 0 Å². The van der Waals surface area contributed by atoms with Gasteiger partial charge in [0.05, 0.1) is 6.54 Å². The van der Waals surface area contributed by atoms with E-state index >= 15 is 0 Å². The lowest BCUT2D eigenvalue weighted by atomic mass is 10.1. The first kappa shape index (κ1) is 13.5. The maximum absolute atomic E-state index is 11.7. The highest BCUT2D eigenvalue weighted by atomic mass is 16.2. The van der Waals surface area contributed by atoms with Crippen molar-refractivity contribution in [3.63, 3.8) is 0 Å². The molecule has 1 aliphatic rings. The molecule has 4 nitrogen and oxygen atoms in total. The van der Waals surface area contributed by atoms with Crippen LogP contribution >= 0.6 is 0 Å². The second-order valence-electron chi connectivity index (χ2n) is 5.24. The van der Waals surface area contributed by atoms with Crippen LogP contribution in [0.4, 0.5) is 0 Å². The number of hydrogen-bond acceptors (Lipinski definition) is 3. The highest BCUT2D eigenvalue weighted by Crippen LogP contribution is 2.07. The normalized spacial score (nSPS) is 24.4. The van der Waals surface area contributed by atoms with E-state index in [4.69, 9.17) is 5.73 Å². The van der Waals surface area contributed by atoms with Crippen LogP contribution in [0, 0.1) is 5.92 Å². The second kappa shape index (κ2) is 6.21. The molecule has 1 heterocycles. The van der Waals surface area contributed by atoms with Crippen molar-refractivity contribution in [3.8, 4) is 0 Å². The number of carbonyl (C=O) groups excluding carboxylic acids is 1. The standard InChI is InChI=1S/C12H25N3O/c1-9(2)10(3)14-12(16)8-15-6-4-5-11(13)7-15/h9-11H,4-8,13H2,1-3H3,(H,14,16). The molecule has 2 atom stereocenters. The van der Waals surface area contributed by atoms with Gasteiger partial charge in [0, 0.05) is 18.6 Å². The van der Waals surface area contributed by atoms with Gasteiger partial charge in [-0.05, 0) is 32.2 Å². The molecule has 0 saturated carbocycles. The summed E-state index contributed by atoms with van der Waals surface area (Å²) in [5, 5.41) is 3.02. The molecule has 94 valence electrons. The number of nitrogens with zero attached hydrogens (tertiary/aromatic N) is 1. The lowest BCUT2D eigenvalue weighted by Crippen LogP contribution is -2.48. The molecule has 0 radical (unpaired) electrons. The summed E-state index contributed by atoms with van der Waals surface area (Å²) in [6, 6.07) is 0.482. The summed E-state index contributed by atoms with van der Waals surface area (Å²) in [5.74, 6) is 0.600. The van der Waals surface area contributed by atoms with Gasteiger partial charge >= 0.3 is 0 Å². The minimum atomic E-state index is 0.121. The first-order valence-corrected chi connectivity index (χ1v) is 6.26. The van der Waals surface area contributed by atoms with E-state index < -0.39 is 0 Å². The van der Waals surface area contributed by atoms with Crippen LogP contribution in [0.15, 0.2) is 0 Å². The van der Waals surface area contributed by atoms with Crippen molar-refractivity contribution in [2.24, 2.45) is 11.7 Å². The fraction of sp³-hybridized carbons (Fsp3) is 0.917. The van der Waals surface area contributed by atoms with Crippen molar-refractivity contribution in [2.75, 3.05) is 19.6 Å². The zero-order valence-corrected chi connectivity index (χ0v) is 10.7. The first-order valence-electron chi connectivity index (χ1n) is 6.26. The smallest absolute Gasteiger partial charge is 0.234 e. The number of amides is 1. The second-order valence-corrected chi connectivity index (χ2v) is 5.24. The molecular formula is C12H25N3O. The van der Waals surface area contributed by atoms with Gasteiger partial charge in [0.2, 0.25) is 5.91 Å². The molecule has 0 bridgehead atoms. The number of carbonyl (C=O) groups is 1. The Bertz CT molecular complexity index is 230. The first-order chi connectivity index (χ1) is 7.49. The van der Waals surface area contributed by atoms with Gasteiger partial charge in [-0.1, -0.05) is 13.8 Å². The zero-order valence-electron chi connectivity index (χ0n) is 10.7. The average molecular weight is 227 g/mol. The third kappa shape index (κ3) is 4.49. The molecule has 1 rings (SSSR count). The molecule has 0 aromatic heterocycles. The quantitative estimate of drug-likeness (QED) is 0.738. The van der Waals surface area contributed by atoms with Crippen LogP contribution < -0.4 is 11.1 Å². The van der Waals surface area contributed by atoms with Crippen molar-refractivity contribution in [3.05, 3.63) is 0 Å². The van der Waals surface area contributed by atoms with Crippen LogP contribution in [0.1, 0.15) is 33.6 Å². The van der Waals surface area contributed by atoms with Gasteiger partial charge in [0.1, 0.15) is 0 Å². The van der Waals surface area contributed by atoms with Crippen LogP contribution in [-0.2, 0) is 4.79 Å². The third-order valence-electron chi connectivity index (χ3n) is 3.30. The lowest BCUT2D eigenvalue weighted by Gasteiger charge is -2.30. The molecular weight excluding hydrogens is 202 g/mol. The van der Waals surface area contributed by atoms with E-state index in [1.807, 2.05) is 6.92 Å². The maximum Gasteiger partial charge on any atom is 0.234 e. The molecule has 4 heteroatoms. The fourth-order valence-corrected chi connectivity index (χ4v) is 1.90. The highest BCUT2D eigenvalue weighted by Gasteiger charge is 2.19. The summed E-state index contributed by atoms with van der Waals surface area (Å²) in [7, 11) is 0. The molecule has 1 aliphatic heterocycles. The van der Waals surface area contributed by atoms with E-state index in [1.54, 1.807) is 0 Å². The van der Waals surface area contributed by atoms with E-state index in [-0.39, 0.29) is 18.0 Å². The highest BCUT2D eigenvalue weighted by molar-refractivity contribution is 5.78. The maximum atomic E-state index is 11.7. The summed E-state index contributed by atoms with van der Waals surface area (Å²) in [4.78, 5) is 13.9. The molecule has 0 aromatic carbocycles. The van der Waals surface area contributed by atoms with Crippen molar-refractivity contribution < 1.29 is 4.79 Å². The summed E-state index contributed by atoms with van der Waals surface area (Å²) >= 11 is 0. The molecule has 1 saturated heterocycles. The van der Waals surface area contributed by atoms with Gasteiger partial charge < -0.3 is 11.1 Å². The number of likely N-dealkylation sites (tertiary alicyclic amines) is 1. The Labute approximate surface area is 98.6 Å². The van der Waals surface area contributed by atoms with E-state index in [2.05, 4.69) is 24.1 Å². The van der Waals surface area contributed by atoms with E-state index in [0.717, 1.165) is 25.9 Å². The zero-order chi connectivity index (χ0) is 12.1. The number of piperidine rings is 1. The van der Waals surface area contributed by atoms with Gasteiger partial charge in [-0.2, -0.15) is 0 Å².